The number of aromatic nitrogens is 1. The number of methoxy groups -OCH3 is 2. The Bertz CT molecular complexity index is 1970. The molecule has 1 atom stereocenters. The summed E-state index contributed by atoms with van der Waals surface area (Å²) in [4.78, 5) is 30.6. The Hall–Kier alpha value is -5.34. The first kappa shape index (κ1) is 34.0. The van der Waals surface area contributed by atoms with Crippen LogP contribution < -0.4 is 40.8 Å². The van der Waals surface area contributed by atoms with E-state index in [1.807, 2.05) is 81.4 Å². The molecule has 4 aromatic carbocycles. The molecule has 0 saturated heterocycles. The largest absolute Gasteiger partial charge is 0.496 e. The van der Waals surface area contributed by atoms with Gasteiger partial charge < -0.3 is 35.5 Å². The van der Waals surface area contributed by atoms with Crippen LogP contribution in [-0.4, -0.2) is 44.9 Å². The Balaban J connectivity index is 1.38. The summed E-state index contributed by atoms with van der Waals surface area (Å²) < 4.78 is 17.5. The van der Waals surface area contributed by atoms with Crippen LogP contribution >= 0.6 is 8.58 Å². The van der Waals surface area contributed by atoms with Gasteiger partial charge in [0.15, 0.2) is 5.75 Å². The van der Waals surface area contributed by atoms with E-state index in [2.05, 4.69) is 32.9 Å². The zero-order valence-electron chi connectivity index (χ0n) is 28.1. The highest BCUT2D eigenvalue weighted by molar-refractivity contribution is 7.46. The first-order valence-electron chi connectivity index (χ1n) is 15.4. The van der Waals surface area contributed by atoms with Crippen molar-refractivity contribution in [3.05, 3.63) is 96.2 Å². The summed E-state index contributed by atoms with van der Waals surface area (Å²) in [6, 6.07) is 24.0. The summed E-state index contributed by atoms with van der Waals surface area (Å²) in [6.07, 6.45) is 1.68. The number of amides is 3. The molecule has 0 aliphatic rings. The first-order valence-corrected chi connectivity index (χ1v) is 16.9. The van der Waals surface area contributed by atoms with Crippen molar-refractivity contribution in [3.8, 4) is 23.0 Å². The van der Waals surface area contributed by atoms with Crippen LogP contribution in [0.5, 0.6) is 23.0 Å². The van der Waals surface area contributed by atoms with Crippen molar-refractivity contribution in [2.45, 2.75) is 26.2 Å². The smallest absolute Gasteiger partial charge is 0.323 e. The number of hydrogen-bond donors (Lipinski definition) is 4. The third-order valence-electron chi connectivity index (χ3n) is 7.71. The number of rotatable bonds is 10. The highest BCUT2D eigenvalue weighted by atomic mass is 31.1. The molecule has 0 radical (unpaired) electrons. The van der Waals surface area contributed by atoms with Crippen molar-refractivity contribution >= 4 is 59.5 Å². The summed E-state index contributed by atoms with van der Waals surface area (Å²) in [7, 11) is 5.32. The average molecular weight is 666 g/mol. The van der Waals surface area contributed by atoms with Crippen LogP contribution in [0.4, 0.5) is 27.7 Å². The second kappa shape index (κ2) is 14.6. The van der Waals surface area contributed by atoms with E-state index in [1.54, 1.807) is 38.6 Å². The number of hydrogen-bond acceptors (Lipinski definition) is 7. The molecule has 0 fully saturated rings. The third kappa shape index (κ3) is 7.61. The van der Waals surface area contributed by atoms with Crippen LogP contribution in [0.1, 0.15) is 36.7 Å². The maximum Gasteiger partial charge on any atom is 0.323 e. The molecule has 5 rings (SSSR count). The monoisotopic (exact) mass is 665 g/mol. The Kier molecular flexibility index (Phi) is 10.4. The molecular weight excluding hydrogens is 625 g/mol. The van der Waals surface area contributed by atoms with Crippen molar-refractivity contribution in [2.24, 2.45) is 0 Å². The molecule has 48 heavy (non-hydrogen) atoms. The molecule has 1 heterocycles. The Morgan fingerprint density at radius 3 is 2.25 bits per heavy atom. The van der Waals surface area contributed by atoms with Crippen LogP contribution in [0.25, 0.3) is 10.8 Å². The van der Waals surface area contributed by atoms with Crippen molar-refractivity contribution in [1.29, 1.82) is 0 Å². The molecule has 1 unspecified atom stereocenters. The number of nitrogens with zero attached hydrogens (tertiary/aromatic N) is 1. The van der Waals surface area contributed by atoms with Gasteiger partial charge in [0.25, 0.3) is 5.91 Å². The van der Waals surface area contributed by atoms with Gasteiger partial charge in [-0.3, -0.25) is 4.79 Å². The zero-order valence-corrected chi connectivity index (χ0v) is 29.1. The summed E-state index contributed by atoms with van der Waals surface area (Å²) in [6.45, 7) is 8.22. The van der Waals surface area contributed by atoms with Crippen LogP contribution in [0.15, 0.2) is 85.1 Å². The molecule has 11 heteroatoms. The van der Waals surface area contributed by atoms with E-state index in [1.165, 1.54) is 7.11 Å². The number of ether oxygens (including phenoxy) is 3. The quantitative estimate of drug-likeness (QED) is 0.111. The molecule has 3 amide bonds. The van der Waals surface area contributed by atoms with Gasteiger partial charge in [-0.25, -0.2) is 9.78 Å². The van der Waals surface area contributed by atoms with Gasteiger partial charge >= 0.3 is 6.03 Å². The van der Waals surface area contributed by atoms with E-state index in [0.717, 1.165) is 33.1 Å². The number of benzene rings is 4. The summed E-state index contributed by atoms with van der Waals surface area (Å²) in [5.41, 5.74) is 2.73. The molecule has 5 aromatic rings. The van der Waals surface area contributed by atoms with E-state index >= 15 is 0 Å². The van der Waals surface area contributed by atoms with Gasteiger partial charge in [-0.2, -0.15) is 0 Å². The van der Waals surface area contributed by atoms with E-state index < -0.39 is 6.03 Å². The van der Waals surface area contributed by atoms with Crippen LogP contribution in [-0.2, 0) is 5.41 Å². The lowest BCUT2D eigenvalue weighted by atomic mass is 9.85. The highest BCUT2D eigenvalue weighted by Gasteiger charge is 2.24. The first-order chi connectivity index (χ1) is 23.0. The standard InChI is InChI=1S/C37H40N5O5P/c1-37(2,3)22-18-27(35(43)38-4)34(46-6)29(19-22)42-36(44)41-28-13-14-30(26-11-9-8-10-25(26)28)47-24-16-17-39-33(21-24)40-23-12-15-32(48-7)31(20-23)45-5/h8-21,48H,1-7H3,(H,38,43)(H,39,40)(H2,41,42,44). The number of urea groups is 1. The summed E-state index contributed by atoms with van der Waals surface area (Å²) in [5.74, 6) is 2.60. The van der Waals surface area contributed by atoms with Gasteiger partial charge in [-0.05, 0) is 60.1 Å². The van der Waals surface area contributed by atoms with Gasteiger partial charge in [0.1, 0.15) is 23.1 Å². The van der Waals surface area contributed by atoms with Crippen LogP contribution in [0.3, 0.4) is 0 Å². The molecule has 0 spiro atoms. The van der Waals surface area contributed by atoms with E-state index in [4.69, 9.17) is 14.2 Å². The molecule has 4 N–H and O–H groups in total. The second-order valence-corrected chi connectivity index (χ2v) is 13.0. The molecule has 0 saturated carbocycles. The summed E-state index contributed by atoms with van der Waals surface area (Å²) in [5, 5.41) is 14.6. The fourth-order valence-corrected chi connectivity index (χ4v) is 5.89. The Morgan fingerprint density at radius 1 is 0.812 bits per heavy atom. The Labute approximate surface area is 282 Å². The Morgan fingerprint density at radius 2 is 1.56 bits per heavy atom. The van der Waals surface area contributed by atoms with Gasteiger partial charge in [0, 0.05) is 47.1 Å². The SMILES string of the molecule is CNC(=O)c1cc(C(C)(C)C)cc(NC(=O)Nc2ccc(Oc3ccnc(Nc4ccc(PC)c(OC)c4)c3)c3ccccc23)c1OC. The fraction of sp³-hybridized carbons (Fsp3) is 0.216. The number of carbonyl (C=O) groups excluding carboxylic acids is 2. The molecule has 248 valence electrons. The van der Waals surface area contributed by atoms with Crippen molar-refractivity contribution in [2.75, 3.05) is 43.9 Å². The van der Waals surface area contributed by atoms with E-state index in [9.17, 15) is 9.59 Å². The zero-order chi connectivity index (χ0) is 34.4. The average Bonchev–Trinajstić information content (AvgIpc) is 3.08. The maximum absolute atomic E-state index is 13.4. The van der Waals surface area contributed by atoms with Crippen molar-refractivity contribution in [1.82, 2.24) is 10.3 Å². The minimum atomic E-state index is -0.491. The molecule has 0 aliphatic heterocycles. The number of carbonyl (C=O) groups is 2. The van der Waals surface area contributed by atoms with E-state index in [0.29, 0.717) is 42.8 Å². The van der Waals surface area contributed by atoms with Crippen molar-refractivity contribution in [3.63, 3.8) is 0 Å². The lowest BCUT2D eigenvalue weighted by Crippen LogP contribution is -2.24. The fourth-order valence-electron chi connectivity index (χ4n) is 5.22. The number of pyridine rings is 1. The normalized spacial score (nSPS) is 11.3. The number of nitrogens with one attached hydrogen (secondary N) is 4. The van der Waals surface area contributed by atoms with Gasteiger partial charge in [-0.15, -0.1) is 0 Å². The van der Waals surface area contributed by atoms with Gasteiger partial charge in [0.05, 0.1) is 31.2 Å². The lowest BCUT2D eigenvalue weighted by Gasteiger charge is -2.23. The minimum absolute atomic E-state index is 0.273. The van der Waals surface area contributed by atoms with Gasteiger partial charge in [-0.1, -0.05) is 53.6 Å². The summed E-state index contributed by atoms with van der Waals surface area (Å²) >= 11 is 0. The predicted octanol–water partition coefficient (Wildman–Crippen LogP) is 8.02. The maximum atomic E-state index is 13.4. The number of fused-ring (bicyclic) bond motifs is 1. The molecule has 10 nitrogen and oxygen atoms in total. The van der Waals surface area contributed by atoms with Crippen molar-refractivity contribution < 1.29 is 23.8 Å². The van der Waals surface area contributed by atoms with Gasteiger partial charge in [0.2, 0.25) is 0 Å². The van der Waals surface area contributed by atoms with Crippen LogP contribution in [0.2, 0.25) is 0 Å². The van der Waals surface area contributed by atoms with E-state index in [-0.39, 0.29) is 17.1 Å². The molecule has 0 bridgehead atoms. The molecular formula is C37H40N5O5P. The lowest BCUT2D eigenvalue weighted by molar-refractivity contribution is 0.0960. The molecule has 1 aromatic heterocycles. The predicted molar refractivity (Wildman–Crippen MR) is 196 cm³/mol. The van der Waals surface area contributed by atoms with Crippen LogP contribution in [0, 0.1) is 0 Å². The second-order valence-electron chi connectivity index (χ2n) is 11.9. The topological polar surface area (TPSA) is 123 Å². The highest BCUT2D eigenvalue weighted by Crippen LogP contribution is 2.37. The number of anilines is 4. The minimum Gasteiger partial charge on any atom is -0.496 e. The molecule has 0 aliphatic carbocycles. The third-order valence-corrected chi connectivity index (χ3v) is 8.67.